The Hall–Kier alpha value is -1.41. The number of pyridine rings is 1. The number of aryl methyl sites for hydroxylation is 1. The van der Waals surface area contributed by atoms with Crippen molar-refractivity contribution < 1.29 is 0 Å². The predicted octanol–water partition coefficient (Wildman–Crippen LogP) is 4.73. The predicted molar refractivity (Wildman–Crippen MR) is 91.5 cm³/mol. The fourth-order valence-corrected chi connectivity index (χ4v) is 4.14. The molecule has 0 unspecified atom stereocenters. The van der Waals surface area contributed by atoms with Gasteiger partial charge in [-0.15, -0.1) is 0 Å². The van der Waals surface area contributed by atoms with E-state index in [1.165, 1.54) is 21.9 Å². The molecule has 1 heterocycles. The van der Waals surface area contributed by atoms with Crippen LogP contribution in [0.3, 0.4) is 0 Å². The maximum absolute atomic E-state index is 4.72. The molecule has 1 aromatic heterocycles. The minimum atomic E-state index is -1.34. The van der Waals surface area contributed by atoms with E-state index in [2.05, 4.69) is 76.9 Å². The van der Waals surface area contributed by atoms with Crippen LogP contribution in [0.25, 0.3) is 11.3 Å². The molecule has 0 saturated heterocycles. The van der Waals surface area contributed by atoms with Crippen molar-refractivity contribution in [2.45, 2.75) is 46.3 Å². The highest BCUT2D eigenvalue weighted by molar-refractivity contribution is 6.89. The summed E-state index contributed by atoms with van der Waals surface area (Å²) < 4.78 is 0. The van der Waals surface area contributed by atoms with E-state index in [9.17, 15) is 0 Å². The van der Waals surface area contributed by atoms with Crippen LogP contribution in [0.2, 0.25) is 19.6 Å². The number of benzene rings is 1. The van der Waals surface area contributed by atoms with Gasteiger partial charge in [0.05, 0.1) is 13.8 Å². The molecule has 0 aliphatic heterocycles. The molecule has 0 aliphatic carbocycles. The second kappa shape index (κ2) is 5.53. The van der Waals surface area contributed by atoms with Crippen LogP contribution in [0.5, 0.6) is 0 Å². The lowest BCUT2D eigenvalue weighted by Crippen LogP contribution is -2.40. The smallest absolute Gasteiger partial charge is 0.0799 e. The highest BCUT2D eigenvalue weighted by Crippen LogP contribution is 2.23. The Morgan fingerprint density at radius 2 is 1.60 bits per heavy atom. The third-order valence-corrected chi connectivity index (χ3v) is 5.75. The first kappa shape index (κ1) is 15.0. The molecule has 0 amide bonds. The second-order valence-corrected chi connectivity index (χ2v) is 12.0. The van der Waals surface area contributed by atoms with E-state index < -0.39 is 8.07 Å². The van der Waals surface area contributed by atoms with Crippen molar-refractivity contribution in [2.24, 2.45) is 0 Å². The van der Waals surface area contributed by atoms with Crippen molar-refractivity contribution in [1.29, 1.82) is 0 Å². The summed E-state index contributed by atoms with van der Waals surface area (Å²) in [7, 11) is -1.34. The lowest BCUT2D eigenvalue weighted by atomic mass is 10.0. The van der Waals surface area contributed by atoms with Crippen LogP contribution >= 0.6 is 0 Å². The largest absolute Gasteiger partial charge is 0.256 e. The molecule has 2 heteroatoms. The Kier molecular flexibility index (Phi) is 4.14. The summed E-state index contributed by atoms with van der Waals surface area (Å²) in [5.74, 6) is 0.545. The summed E-state index contributed by atoms with van der Waals surface area (Å²) in [6.07, 6.45) is 2.12. The van der Waals surface area contributed by atoms with Crippen LogP contribution in [0.15, 0.2) is 36.5 Å². The molecule has 1 nitrogen and oxygen atoms in total. The van der Waals surface area contributed by atoms with Crippen LogP contribution in [0.4, 0.5) is 0 Å². The number of aromatic nitrogens is 1. The molecule has 0 radical (unpaired) electrons. The number of hydrogen-bond acceptors (Lipinski definition) is 1. The fraction of sp³-hybridized carbons (Fsp3) is 0.389. The molecular formula is C18H25NSi. The molecule has 20 heavy (non-hydrogen) atoms. The Balaban J connectivity index is 2.53. The lowest BCUT2D eigenvalue weighted by molar-refractivity contribution is 0.870. The Bertz CT molecular complexity index is 592. The maximum atomic E-state index is 4.72. The normalized spacial score (nSPS) is 11.9. The number of rotatable bonds is 3. The minimum Gasteiger partial charge on any atom is -0.256 e. The van der Waals surface area contributed by atoms with E-state index in [1.807, 2.05) is 0 Å². The van der Waals surface area contributed by atoms with Crippen molar-refractivity contribution in [1.82, 2.24) is 4.98 Å². The SMILES string of the molecule is Cc1ccc(-c2cc(C(C)C)c([Si](C)(C)C)cn2)cc1. The van der Waals surface area contributed by atoms with Gasteiger partial charge < -0.3 is 0 Å². The monoisotopic (exact) mass is 283 g/mol. The average molecular weight is 283 g/mol. The third kappa shape index (κ3) is 3.18. The minimum absolute atomic E-state index is 0.545. The van der Waals surface area contributed by atoms with Crippen LogP contribution in [-0.4, -0.2) is 13.1 Å². The first-order chi connectivity index (χ1) is 9.29. The fourth-order valence-electron chi connectivity index (χ4n) is 2.46. The van der Waals surface area contributed by atoms with Gasteiger partial charge in [0.1, 0.15) is 0 Å². The topological polar surface area (TPSA) is 12.9 Å². The van der Waals surface area contributed by atoms with E-state index in [0.29, 0.717) is 5.92 Å². The summed E-state index contributed by atoms with van der Waals surface area (Å²) in [6, 6.07) is 10.9. The zero-order chi connectivity index (χ0) is 14.9. The molecule has 1 aromatic carbocycles. The maximum Gasteiger partial charge on any atom is 0.0799 e. The van der Waals surface area contributed by atoms with Crippen molar-refractivity contribution >= 4 is 13.3 Å². The summed E-state index contributed by atoms with van der Waals surface area (Å²) in [5, 5.41) is 1.49. The van der Waals surface area contributed by atoms with Crippen LogP contribution in [-0.2, 0) is 0 Å². The van der Waals surface area contributed by atoms with Crippen molar-refractivity contribution in [3.05, 3.63) is 47.7 Å². The number of hydrogen-bond donors (Lipinski definition) is 0. The van der Waals surface area contributed by atoms with Gasteiger partial charge in [0.25, 0.3) is 0 Å². The standard InChI is InChI=1S/C18H25NSi/c1-13(2)16-11-17(15-9-7-14(3)8-10-15)19-12-18(16)20(4,5)6/h7-13H,1-6H3. The van der Waals surface area contributed by atoms with Gasteiger partial charge in [-0.05, 0) is 29.7 Å². The Morgan fingerprint density at radius 3 is 2.10 bits per heavy atom. The summed E-state index contributed by atoms with van der Waals surface area (Å²) in [4.78, 5) is 4.72. The molecule has 0 fully saturated rings. The quantitative estimate of drug-likeness (QED) is 0.742. The Morgan fingerprint density at radius 1 is 1.00 bits per heavy atom. The highest BCUT2D eigenvalue weighted by Gasteiger charge is 2.22. The van der Waals surface area contributed by atoms with Crippen LogP contribution in [0.1, 0.15) is 30.9 Å². The molecule has 0 aliphatic rings. The lowest BCUT2D eigenvalue weighted by Gasteiger charge is -2.23. The van der Waals surface area contributed by atoms with Gasteiger partial charge in [-0.1, -0.05) is 63.3 Å². The van der Waals surface area contributed by atoms with Crippen LogP contribution in [0, 0.1) is 6.92 Å². The Labute approximate surface area is 124 Å². The summed E-state index contributed by atoms with van der Waals surface area (Å²) in [6.45, 7) is 13.8. The molecule has 0 spiro atoms. The molecule has 2 aromatic rings. The van der Waals surface area contributed by atoms with E-state index in [1.54, 1.807) is 0 Å². The third-order valence-electron chi connectivity index (χ3n) is 3.71. The molecule has 106 valence electrons. The second-order valence-electron chi connectivity index (χ2n) is 6.93. The zero-order valence-electron chi connectivity index (χ0n) is 13.5. The summed E-state index contributed by atoms with van der Waals surface area (Å²) >= 11 is 0. The molecule has 0 N–H and O–H groups in total. The van der Waals surface area contributed by atoms with Gasteiger partial charge in [0.15, 0.2) is 0 Å². The van der Waals surface area contributed by atoms with Crippen molar-refractivity contribution in [3.63, 3.8) is 0 Å². The van der Waals surface area contributed by atoms with E-state index >= 15 is 0 Å². The molecular weight excluding hydrogens is 258 g/mol. The first-order valence-electron chi connectivity index (χ1n) is 7.36. The summed E-state index contributed by atoms with van der Waals surface area (Å²) in [5.41, 5.74) is 5.06. The highest BCUT2D eigenvalue weighted by atomic mass is 28.3. The van der Waals surface area contributed by atoms with Crippen molar-refractivity contribution in [2.75, 3.05) is 0 Å². The first-order valence-corrected chi connectivity index (χ1v) is 10.9. The molecule has 0 bridgehead atoms. The molecule has 0 saturated carbocycles. The van der Waals surface area contributed by atoms with Gasteiger partial charge in [-0.3, -0.25) is 4.98 Å². The molecule has 0 atom stereocenters. The van der Waals surface area contributed by atoms with Crippen LogP contribution < -0.4 is 5.19 Å². The van der Waals surface area contributed by atoms with Crippen molar-refractivity contribution in [3.8, 4) is 11.3 Å². The van der Waals surface area contributed by atoms with E-state index in [0.717, 1.165) is 5.69 Å². The van der Waals surface area contributed by atoms with Gasteiger partial charge >= 0.3 is 0 Å². The van der Waals surface area contributed by atoms with Gasteiger partial charge in [0.2, 0.25) is 0 Å². The average Bonchev–Trinajstić information content (AvgIpc) is 2.37. The molecule has 2 rings (SSSR count). The van der Waals surface area contributed by atoms with E-state index in [-0.39, 0.29) is 0 Å². The van der Waals surface area contributed by atoms with Gasteiger partial charge in [-0.25, -0.2) is 0 Å². The van der Waals surface area contributed by atoms with E-state index in [4.69, 9.17) is 4.98 Å². The number of nitrogens with zero attached hydrogens (tertiary/aromatic N) is 1. The van der Waals surface area contributed by atoms with Gasteiger partial charge in [0, 0.05) is 11.8 Å². The van der Waals surface area contributed by atoms with Gasteiger partial charge in [-0.2, -0.15) is 0 Å². The zero-order valence-corrected chi connectivity index (χ0v) is 14.5.